The van der Waals surface area contributed by atoms with E-state index in [1.165, 1.54) is 37.0 Å². The maximum absolute atomic E-state index is 12.0. The van der Waals surface area contributed by atoms with Gasteiger partial charge in [-0.15, -0.1) is 0 Å². The summed E-state index contributed by atoms with van der Waals surface area (Å²) in [5.74, 6) is 0.0381. The van der Waals surface area contributed by atoms with E-state index >= 15 is 0 Å². The standard InChI is InChI=1S/C15H21ClN2O/c1-18(12-7-3-2-4-8-12)11-15(19)17-14-10-6-5-9-13(14)16/h5-6,9-10,12H,2-4,7-8,11H2,1H3,(H,17,19)/p+1. The minimum absolute atomic E-state index is 0.0381. The van der Waals surface area contributed by atoms with E-state index < -0.39 is 0 Å². The van der Waals surface area contributed by atoms with Gasteiger partial charge < -0.3 is 10.2 Å². The van der Waals surface area contributed by atoms with Crippen molar-refractivity contribution in [3.05, 3.63) is 29.3 Å². The number of quaternary nitrogens is 1. The van der Waals surface area contributed by atoms with E-state index in [1.807, 2.05) is 18.2 Å². The molecule has 1 fully saturated rings. The number of para-hydroxylation sites is 1. The van der Waals surface area contributed by atoms with Gasteiger partial charge in [-0.1, -0.05) is 30.2 Å². The largest absolute Gasteiger partial charge is 0.327 e. The van der Waals surface area contributed by atoms with E-state index in [-0.39, 0.29) is 5.91 Å². The molecule has 0 spiro atoms. The van der Waals surface area contributed by atoms with Crippen LogP contribution in [-0.4, -0.2) is 25.5 Å². The van der Waals surface area contributed by atoms with Gasteiger partial charge in [0.15, 0.2) is 6.54 Å². The number of carbonyl (C=O) groups is 1. The second kappa shape index (κ2) is 6.92. The number of nitrogens with one attached hydrogen (secondary N) is 2. The fourth-order valence-corrected chi connectivity index (χ4v) is 2.93. The Hall–Kier alpha value is -1.06. The van der Waals surface area contributed by atoms with Crippen molar-refractivity contribution < 1.29 is 9.69 Å². The summed E-state index contributed by atoms with van der Waals surface area (Å²) in [6.07, 6.45) is 6.42. The van der Waals surface area contributed by atoms with Gasteiger partial charge in [-0.2, -0.15) is 0 Å². The van der Waals surface area contributed by atoms with E-state index in [4.69, 9.17) is 11.6 Å². The lowest BCUT2D eigenvalue weighted by Gasteiger charge is -2.27. The van der Waals surface area contributed by atoms with E-state index in [0.29, 0.717) is 23.3 Å². The van der Waals surface area contributed by atoms with Crippen LogP contribution in [0.15, 0.2) is 24.3 Å². The first-order valence-electron chi connectivity index (χ1n) is 7.03. The molecule has 1 aromatic rings. The Kier molecular flexibility index (Phi) is 5.23. The molecule has 1 saturated carbocycles. The molecule has 1 atom stereocenters. The number of benzene rings is 1. The molecule has 2 N–H and O–H groups in total. The van der Waals surface area contributed by atoms with Crippen LogP contribution in [0.5, 0.6) is 0 Å². The minimum Gasteiger partial charge on any atom is -0.327 e. The quantitative estimate of drug-likeness (QED) is 0.871. The fraction of sp³-hybridized carbons (Fsp3) is 0.533. The molecule has 2 rings (SSSR count). The van der Waals surface area contributed by atoms with Crippen LogP contribution in [0.25, 0.3) is 0 Å². The molecule has 0 bridgehead atoms. The molecule has 19 heavy (non-hydrogen) atoms. The number of hydrogen-bond donors (Lipinski definition) is 2. The number of rotatable bonds is 4. The van der Waals surface area contributed by atoms with Gasteiger partial charge in [0.2, 0.25) is 0 Å². The van der Waals surface area contributed by atoms with Gasteiger partial charge in [0.1, 0.15) is 0 Å². The molecule has 104 valence electrons. The molecular formula is C15H22ClN2O+. The van der Waals surface area contributed by atoms with Gasteiger partial charge in [0.25, 0.3) is 5.91 Å². The molecule has 3 nitrogen and oxygen atoms in total. The highest BCUT2D eigenvalue weighted by molar-refractivity contribution is 6.33. The first-order valence-corrected chi connectivity index (χ1v) is 7.41. The number of amides is 1. The summed E-state index contributed by atoms with van der Waals surface area (Å²) in [4.78, 5) is 13.3. The first-order chi connectivity index (χ1) is 9.16. The zero-order valence-electron chi connectivity index (χ0n) is 11.4. The lowest BCUT2D eigenvalue weighted by Crippen LogP contribution is -3.14. The number of halogens is 1. The summed E-state index contributed by atoms with van der Waals surface area (Å²) in [6, 6.07) is 7.98. The Balaban J connectivity index is 1.85. The van der Waals surface area contributed by atoms with Gasteiger partial charge in [-0.25, -0.2) is 0 Å². The van der Waals surface area contributed by atoms with Gasteiger partial charge in [-0.05, 0) is 37.8 Å². The molecule has 4 heteroatoms. The fourth-order valence-electron chi connectivity index (χ4n) is 2.75. The Bertz CT molecular complexity index is 430. The second-order valence-electron chi connectivity index (χ2n) is 5.39. The number of carbonyl (C=O) groups excluding carboxylic acids is 1. The van der Waals surface area contributed by atoms with Crippen molar-refractivity contribution in [2.45, 2.75) is 38.1 Å². The predicted octanol–water partition coefficient (Wildman–Crippen LogP) is 2.13. The highest BCUT2D eigenvalue weighted by atomic mass is 35.5. The SMILES string of the molecule is C[NH+](CC(=O)Nc1ccccc1Cl)C1CCCCC1. The van der Waals surface area contributed by atoms with Crippen LogP contribution in [0.1, 0.15) is 32.1 Å². The number of anilines is 1. The molecule has 1 unspecified atom stereocenters. The molecule has 0 aromatic heterocycles. The van der Waals surface area contributed by atoms with E-state index in [0.717, 1.165) is 0 Å². The van der Waals surface area contributed by atoms with Gasteiger partial charge >= 0.3 is 0 Å². The molecule has 1 aliphatic carbocycles. The molecule has 1 aliphatic rings. The molecule has 0 aliphatic heterocycles. The third kappa shape index (κ3) is 4.22. The van der Waals surface area contributed by atoms with Gasteiger partial charge in [0, 0.05) is 0 Å². The Morgan fingerprint density at radius 3 is 2.68 bits per heavy atom. The Morgan fingerprint density at radius 2 is 2.00 bits per heavy atom. The third-order valence-corrected chi connectivity index (χ3v) is 4.22. The lowest BCUT2D eigenvalue weighted by atomic mass is 9.94. The minimum atomic E-state index is 0.0381. The van der Waals surface area contributed by atoms with Crippen molar-refractivity contribution in [2.24, 2.45) is 0 Å². The predicted molar refractivity (Wildman–Crippen MR) is 78.7 cm³/mol. The molecule has 0 radical (unpaired) electrons. The van der Waals surface area contributed by atoms with Crippen LogP contribution < -0.4 is 10.2 Å². The zero-order valence-corrected chi connectivity index (χ0v) is 12.2. The van der Waals surface area contributed by atoms with E-state index in [9.17, 15) is 4.79 Å². The van der Waals surface area contributed by atoms with Crippen molar-refractivity contribution in [2.75, 3.05) is 18.9 Å². The van der Waals surface area contributed by atoms with E-state index in [1.54, 1.807) is 6.07 Å². The van der Waals surface area contributed by atoms with Gasteiger partial charge in [0.05, 0.1) is 23.8 Å². The average Bonchev–Trinajstić information content (AvgIpc) is 2.42. The maximum atomic E-state index is 12.0. The van der Waals surface area contributed by atoms with Crippen LogP contribution in [0, 0.1) is 0 Å². The molecule has 1 aromatic carbocycles. The van der Waals surface area contributed by atoms with Gasteiger partial charge in [-0.3, -0.25) is 4.79 Å². The summed E-state index contributed by atoms with van der Waals surface area (Å²) in [6.45, 7) is 0.510. The summed E-state index contributed by atoms with van der Waals surface area (Å²) >= 11 is 6.03. The topological polar surface area (TPSA) is 33.5 Å². The lowest BCUT2D eigenvalue weighted by molar-refractivity contribution is -0.899. The van der Waals surface area contributed by atoms with E-state index in [2.05, 4.69) is 12.4 Å². The van der Waals surface area contributed by atoms with Crippen molar-refractivity contribution >= 4 is 23.2 Å². The summed E-state index contributed by atoms with van der Waals surface area (Å²) in [5.41, 5.74) is 0.700. The second-order valence-corrected chi connectivity index (χ2v) is 5.79. The maximum Gasteiger partial charge on any atom is 0.279 e. The highest BCUT2D eigenvalue weighted by Gasteiger charge is 2.23. The molecule has 0 heterocycles. The van der Waals surface area contributed by atoms with Crippen molar-refractivity contribution in [1.82, 2.24) is 0 Å². The molecule has 0 saturated heterocycles. The Labute approximate surface area is 119 Å². The van der Waals surface area contributed by atoms with Crippen LogP contribution >= 0.6 is 11.6 Å². The zero-order chi connectivity index (χ0) is 13.7. The summed E-state index contributed by atoms with van der Waals surface area (Å²) < 4.78 is 0. The van der Waals surface area contributed by atoms with Crippen molar-refractivity contribution in [3.8, 4) is 0 Å². The smallest absolute Gasteiger partial charge is 0.279 e. The number of hydrogen-bond acceptors (Lipinski definition) is 1. The van der Waals surface area contributed by atoms with Crippen molar-refractivity contribution in [3.63, 3.8) is 0 Å². The first kappa shape index (κ1) is 14.4. The van der Waals surface area contributed by atoms with Crippen LogP contribution in [-0.2, 0) is 4.79 Å². The highest BCUT2D eigenvalue weighted by Crippen LogP contribution is 2.20. The summed E-state index contributed by atoms with van der Waals surface area (Å²) in [5, 5.41) is 3.48. The van der Waals surface area contributed by atoms with Crippen LogP contribution in [0.3, 0.4) is 0 Å². The molecular weight excluding hydrogens is 260 g/mol. The molecule has 1 amide bonds. The average molecular weight is 282 g/mol. The third-order valence-electron chi connectivity index (χ3n) is 3.89. The number of likely N-dealkylation sites (N-methyl/N-ethyl adjacent to an activating group) is 1. The normalized spacial score (nSPS) is 18.0. The van der Waals surface area contributed by atoms with Crippen LogP contribution in [0.2, 0.25) is 5.02 Å². The summed E-state index contributed by atoms with van der Waals surface area (Å²) in [7, 11) is 2.11. The van der Waals surface area contributed by atoms with Crippen molar-refractivity contribution in [1.29, 1.82) is 0 Å². The monoisotopic (exact) mass is 281 g/mol. The van der Waals surface area contributed by atoms with Crippen LogP contribution in [0.4, 0.5) is 5.69 Å². The Morgan fingerprint density at radius 1 is 1.32 bits per heavy atom.